The number of benzene rings is 2. The molecule has 104 valence electrons. The van der Waals surface area contributed by atoms with Crippen LogP contribution < -0.4 is 10.7 Å². The Morgan fingerprint density at radius 1 is 1.24 bits per heavy atom. The van der Waals surface area contributed by atoms with Gasteiger partial charge in [-0.3, -0.25) is 5.41 Å². The van der Waals surface area contributed by atoms with Crippen molar-refractivity contribution in [2.45, 2.75) is 13.2 Å². The monoisotopic (exact) mass is 278 g/mol. The highest BCUT2D eigenvalue weighted by Gasteiger charge is 2.19. The van der Waals surface area contributed by atoms with E-state index < -0.39 is 7.05 Å². The van der Waals surface area contributed by atoms with Gasteiger partial charge in [0.05, 0.1) is 0 Å². The van der Waals surface area contributed by atoms with Gasteiger partial charge in [0.15, 0.2) is 0 Å². The first-order valence-corrected chi connectivity index (χ1v) is 6.97. The second kappa shape index (κ2) is 5.66. The van der Waals surface area contributed by atoms with Gasteiger partial charge in [0.25, 0.3) is 0 Å². The summed E-state index contributed by atoms with van der Waals surface area (Å²) in [5, 5.41) is 19.3. The fourth-order valence-electron chi connectivity index (χ4n) is 2.82. The van der Waals surface area contributed by atoms with Crippen LogP contribution in [0.1, 0.15) is 11.1 Å². The van der Waals surface area contributed by atoms with Crippen LogP contribution in [0.4, 0.5) is 5.69 Å². The van der Waals surface area contributed by atoms with Gasteiger partial charge in [0.1, 0.15) is 6.40 Å². The van der Waals surface area contributed by atoms with Gasteiger partial charge >= 0.3 is 14.5 Å². The van der Waals surface area contributed by atoms with E-state index >= 15 is 0 Å². The highest BCUT2D eigenvalue weighted by Crippen LogP contribution is 2.37. The van der Waals surface area contributed by atoms with Crippen LogP contribution in [0.5, 0.6) is 0 Å². The summed E-state index contributed by atoms with van der Waals surface area (Å²) in [6.07, 6.45) is 1.86. The molecular formula is C15H16B2N2O2. The van der Waals surface area contributed by atoms with Crippen LogP contribution in [0.15, 0.2) is 36.4 Å². The van der Waals surface area contributed by atoms with Gasteiger partial charge < -0.3 is 14.9 Å². The summed E-state index contributed by atoms with van der Waals surface area (Å²) in [7, 11) is -0.126. The van der Waals surface area contributed by atoms with Gasteiger partial charge in [-0.25, -0.2) is 0 Å². The van der Waals surface area contributed by atoms with Crippen LogP contribution >= 0.6 is 0 Å². The van der Waals surface area contributed by atoms with E-state index in [9.17, 15) is 5.02 Å². The molecule has 0 aromatic heterocycles. The Morgan fingerprint density at radius 3 is 2.67 bits per heavy atom. The molecule has 0 saturated carbocycles. The van der Waals surface area contributed by atoms with Gasteiger partial charge in [-0.2, -0.15) is 0 Å². The molecule has 4 nitrogen and oxygen atoms in total. The summed E-state index contributed by atoms with van der Waals surface area (Å²) in [4.78, 5) is 0. The summed E-state index contributed by atoms with van der Waals surface area (Å²) >= 11 is 0. The summed E-state index contributed by atoms with van der Waals surface area (Å²) in [6, 6.07) is 12.5. The smallest absolute Gasteiger partial charge is 0.406 e. The van der Waals surface area contributed by atoms with Crippen LogP contribution in [0.25, 0.3) is 11.1 Å². The molecule has 0 heterocycles. The number of hydrogen-bond acceptors (Lipinski definition) is 4. The molecule has 2 aromatic rings. The Kier molecular flexibility index (Phi) is 3.71. The first-order chi connectivity index (χ1) is 10.2. The molecule has 0 spiro atoms. The highest BCUT2D eigenvalue weighted by molar-refractivity contribution is 6.52. The van der Waals surface area contributed by atoms with Crippen molar-refractivity contribution in [2.75, 3.05) is 5.23 Å². The summed E-state index contributed by atoms with van der Waals surface area (Å²) in [6.45, 7) is 1.71. The second-order valence-corrected chi connectivity index (χ2v) is 5.29. The molecular weight excluding hydrogens is 262 g/mol. The first-order valence-electron chi connectivity index (χ1n) is 6.97. The van der Waals surface area contributed by atoms with Crippen molar-refractivity contribution in [1.29, 1.82) is 5.41 Å². The highest BCUT2D eigenvalue weighted by atomic mass is 16.4. The van der Waals surface area contributed by atoms with Gasteiger partial charge in [0, 0.05) is 5.69 Å². The average molecular weight is 278 g/mol. The molecule has 0 aliphatic heterocycles. The molecule has 0 saturated heterocycles. The molecule has 0 radical (unpaired) electrons. The van der Waals surface area contributed by atoms with Crippen LogP contribution in [0, 0.1) is 5.41 Å². The van der Waals surface area contributed by atoms with E-state index in [1.54, 1.807) is 6.82 Å². The minimum Gasteiger partial charge on any atom is -0.552 e. The van der Waals surface area contributed by atoms with Crippen molar-refractivity contribution < 1.29 is 9.68 Å². The lowest BCUT2D eigenvalue weighted by Crippen LogP contribution is -2.19. The van der Waals surface area contributed by atoms with E-state index in [4.69, 9.17) is 10.1 Å². The Morgan fingerprint density at radius 2 is 1.95 bits per heavy atom. The van der Waals surface area contributed by atoms with Crippen molar-refractivity contribution in [2.24, 2.45) is 0 Å². The quantitative estimate of drug-likeness (QED) is 0.375. The summed E-state index contributed by atoms with van der Waals surface area (Å²) in [5.74, 6) is 0. The van der Waals surface area contributed by atoms with E-state index in [2.05, 4.69) is 29.5 Å². The predicted octanol–water partition coefficient (Wildman–Crippen LogP) is 1.38. The molecule has 0 bridgehead atoms. The minimum absolute atomic E-state index is 0.432. The van der Waals surface area contributed by atoms with Gasteiger partial charge in [0.2, 0.25) is 0 Å². The summed E-state index contributed by atoms with van der Waals surface area (Å²) < 4.78 is 5.02. The largest absolute Gasteiger partial charge is 0.552 e. The van der Waals surface area contributed by atoms with E-state index in [0.29, 0.717) is 7.48 Å². The molecule has 2 aromatic carbocycles. The van der Waals surface area contributed by atoms with Gasteiger partial charge in [-0.15, -0.1) is 0 Å². The van der Waals surface area contributed by atoms with Crippen LogP contribution in [0.3, 0.4) is 0 Å². The van der Waals surface area contributed by atoms with Crippen molar-refractivity contribution >= 4 is 32.1 Å². The molecule has 0 unspecified atom stereocenters. The Labute approximate surface area is 125 Å². The van der Waals surface area contributed by atoms with Crippen molar-refractivity contribution in [3.8, 4) is 11.1 Å². The molecule has 21 heavy (non-hydrogen) atoms. The van der Waals surface area contributed by atoms with Crippen molar-refractivity contribution in [3.05, 3.63) is 47.5 Å². The minimum atomic E-state index is -0.559. The maximum atomic E-state index is 9.40. The van der Waals surface area contributed by atoms with Crippen molar-refractivity contribution in [1.82, 2.24) is 0 Å². The van der Waals surface area contributed by atoms with Crippen LogP contribution in [0.2, 0.25) is 6.82 Å². The number of nitrogens with one attached hydrogen (secondary N) is 2. The van der Waals surface area contributed by atoms with Crippen LogP contribution in [-0.4, -0.2) is 26.0 Å². The Bertz CT molecular complexity index is 689. The number of hydrogen-bond donors (Lipinski definition) is 3. The predicted molar refractivity (Wildman–Crippen MR) is 88.8 cm³/mol. The zero-order valence-corrected chi connectivity index (χ0v) is 11.9. The Hall–Kier alpha value is -2.20. The lowest BCUT2D eigenvalue weighted by Gasteiger charge is -2.08. The van der Waals surface area contributed by atoms with E-state index in [-0.39, 0.29) is 0 Å². The first kappa shape index (κ1) is 13.8. The van der Waals surface area contributed by atoms with Crippen LogP contribution in [-0.2, 0) is 11.1 Å². The standard InChI is InChI=1S/C15H16B2N2O2/c1-17(20)19-13-3-5-15-11(8-13)6-10-7-12(16-21-9-18)2-4-14(10)15/h2-5,7-9,16,18-20H,6H2,1H3. The zero-order valence-electron chi connectivity index (χ0n) is 11.9. The van der Waals surface area contributed by atoms with Gasteiger partial charge in [-0.05, 0) is 53.1 Å². The molecule has 0 fully saturated rings. The second-order valence-electron chi connectivity index (χ2n) is 5.29. The molecule has 1 aliphatic carbocycles. The fraction of sp³-hybridized carbons (Fsp3) is 0.133. The lowest BCUT2D eigenvalue weighted by molar-refractivity contribution is 0.587. The molecule has 1 aliphatic rings. The maximum absolute atomic E-state index is 9.40. The number of fused-ring (bicyclic) bond motifs is 3. The lowest BCUT2D eigenvalue weighted by atomic mass is 9.86. The third-order valence-corrected chi connectivity index (χ3v) is 3.65. The molecule has 3 N–H and O–H groups in total. The number of rotatable bonds is 5. The maximum Gasteiger partial charge on any atom is 0.406 e. The average Bonchev–Trinajstić information content (AvgIpc) is 2.81. The third-order valence-electron chi connectivity index (χ3n) is 3.65. The fourth-order valence-corrected chi connectivity index (χ4v) is 2.82. The summed E-state index contributed by atoms with van der Waals surface area (Å²) in [5.41, 5.74) is 7.07. The molecule has 3 rings (SSSR count). The molecule has 0 amide bonds. The normalized spacial score (nSPS) is 11.3. The van der Waals surface area contributed by atoms with Gasteiger partial charge in [-0.1, -0.05) is 24.3 Å². The van der Waals surface area contributed by atoms with E-state index in [1.165, 1.54) is 22.3 Å². The number of anilines is 1. The zero-order chi connectivity index (χ0) is 14.8. The van der Waals surface area contributed by atoms with E-state index in [0.717, 1.165) is 24.0 Å². The SMILES string of the molecule is CB(O)Nc1ccc2c(c1)Cc1cc(BOC=N)ccc1-2. The third kappa shape index (κ3) is 2.81. The topological polar surface area (TPSA) is 65.3 Å². The molecule has 0 atom stereocenters. The van der Waals surface area contributed by atoms with Crippen molar-refractivity contribution in [3.63, 3.8) is 0 Å². The Balaban J connectivity index is 1.88. The molecule has 6 heteroatoms. The van der Waals surface area contributed by atoms with E-state index in [1.807, 2.05) is 12.1 Å².